The van der Waals surface area contributed by atoms with Gasteiger partial charge in [0.15, 0.2) is 5.78 Å². The number of alkyl halides is 3. The molecule has 0 bridgehead atoms. The maximum atomic E-state index is 13.1. The normalized spacial score (nSPS) is 14.6. The van der Waals surface area contributed by atoms with Gasteiger partial charge in [-0.1, -0.05) is 5.21 Å². The molecule has 1 aliphatic carbocycles. The van der Waals surface area contributed by atoms with Crippen molar-refractivity contribution in [1.82, 2.24) is 15.0 Å². The molecule has 0 aliphatic heterocycles. The van der Waals surface area contributed by atoms with E-state index in [2.05, 4.69) is 10.3 Å². The molecule has 2 aromatic heterocycles. The van der Waals surface area contributed by atoms with Crippen LogP contribution in [0.2, 0.25) is 0 Å². The molecule has 2 heterocycles. The van der Waals surface area contributed by atoms with Gasteiger partial charge in [0.2, 0.25) is 0 Å². The van der Waals surface area contributed by atoms with Crippen molar-refractivity contribution in [1.29, 1.82) is 0 Å². The molecule has 0 amide bonds. The van der Waals surface area contributed by atoms with E-state index in [1.807, 2.05) is 18.2 Å². The Morgan fingerprint density at radius 3 is 2.66 bits per heavy atom. The quantitative estimate of drug-likeness (QED) is 0.274. The minimum absolute atomic E-state index is 0.00456. The van der Waals surface area contributed by atoms with Crippen molar-refractivity contribution in [3.63, 3.8) is 0 Å². The lowest BCUT2D eigenvalue weighted by molar-refractivity contribution is -0.142. The molecule has 0 saturated heterocycles. The number of ketones is 1. The van der Waals surface area contributed by atoms with Gasteiger partial charge in [0.25, 0.3) is 5.56 Å². The van der Waals surface area contributed by atoms with E-state index >= 15 is 0 Å². The first kappa shape index (κ1) is 25.8. The van der Waals surface area contributed by atoms with Gasteiger partial charge in [-0.05, 0) is 73.0 Å². The zero-order valence-corrected chi connectivity index (χ0v) is 20.7. The Morgan fingerprint density at radius 1 is 1.16 bits per heavy atom. The highest BCUT2D eigenvalue weighted by Gasteiger charge is 2.31. The minimum atomic E-state index is -4.64. The Bertz CT molecular complexity index is 1590. The summed E-state index contributed by atoms with van der Waals surface area (Å²) in [5, 5.41) is 17.8. The highest BCUT2D eigenvalue weighted by molar-refractivity contribution is 7.20. The summed E-state index contributed by atoms with van der Waals surface area (Å²) in [6, 6.07) is 9.84. The third kappa shape index (κ3) is 5.69. The lowest BCUT2D eigenvalue weighted by Gasteiger charge is -2.12. The van der Waals surface area contributed by atoms with Crippen molar-refractivity contribution < 1.29 is 32.6 Å². The lowest BCUT2D eigenvalue weighted by atomic mass is 9.98. The number of carboxylic acid groups (broad SMARTS) is 1. The van der Waals surface area contributed by atoms with Crippen LogP contribution >= 0.6 is 11.3 Å². The number of carboxylic acids is 1. The summed E-state index contributed by atoms with van der Waals surface area (Å²) >= 11 is 1.25. The van der Waals surface area contributed by atoms with Crippen molar-refractivity contribution in [2.24, 2.45) is 11.8 Å². The smallest absolute Gasteiger partial charge is 0.416 e. The van der Waals surface area contributed by atoms with Gasteiger partial charge < -0.3 is 9.84 Å². The molecule has 5 rings (SSSR count). The fourth-order valence-electron chi connectivity index (χ4n) is 4.05. The van der Waals surface area contributed by atoms with Gasteiger partial charge in [0.05, 0.1) is 28.4 Å². The van der Waals surface area contributed by atoms with Gasteiger partial charge in [0.1, 0.15) is 11.3 Å². The van der Waals surface area contributed by atoms with E-state index in [0.29, 0.717) is 23.5 Å². The van der Waals surface area contributed by atoms with Crippen molar-refractivity contribution >= 4 is 44.1 Å². The molecule has 8 nitrogen and oxygen atoms in total. The fourth-order valence-corrected chi connectivity index (χ4v) is 5.09. The largest absolute Gasteiger partial charge is 0.493 e. The fraction of sp³-hybridized carbons (Fsp3) is 0.346. The van der Waals surface area contributed by atoms with Crippen molar-refractivity contribution in [3.05, 3.63) is 63.3 Å². The summed E-state index contributed by atoms with van der Waals surface area (Å²) in [6.45, 7) is 0.438. The van der Waals surface area contributed by atoms with Crippen molar-refractivity contribution in [3.8, 4) is 5.75 Å². The van der Waals surface area contributed by atoms with Crippen LogP contribution in [0.1, 0.15) is 40.9 Å². The number of aryl methyl sites for hydroxylation is 1. The number of carbonyl (C=O) groups is 2. The maximum Gasteiger partial charge on any atom is 0.416 e. The predicted octanol–water partition coefficient (Wildman–Crippen LogP) is 5.18. The van der Waals surface area contributed by atoms with Crippen LogP contribution in [0.4, 0.5) is 13.2 Å². The molecule has 2 aromatic carbocycles. The second kappa shape index (κ2) is 10.2. The monoisotopic (exact) mass is 545 g/mol. The number of aliphatic carboxylic acids is 1. The number of benzene rings is 2. The van der Waals surface area contributed by atoms with Gasteiger partial charge in [0, 0.05) is 17.7 Å². The predicted molar refractivity (Wildman–Crippen MR) is 134 cm³/mol. The first-order valence-electron chi connectivity index (χ1n) is 12.0. The van der Waals surface area contributed by atoms with E-state index in [1.165, 1.54) is 24.2 Å². The first-order chi connectivity index (χ1) is 18.1. The van der Waals surface area contributed by atoms with Crippen LogP contribution in [-0.2, 0) is 17.5 Å². The number of fused-ring (bicyclic) bond motifs is 2. The summed E-state index contributed by atoms with van der Waals surface area (Å²) in [4.78, 5) is 37.9. The van der Waals surface area contributed by atoms with Crippen LogP contribution < -0.4 is 10.3 Å². The molecule has 1 N–H and O–H groups in total. The Hall–Kier alpha value is -3.80. The molecule has 4 aromatic rings. The van der Waals surface area contributed by atoms with Crippen LogP contribution in [-0.4, -0.2) is 38.5 Å². The average molecular weight is 546 g/mol. The number of ether oxygens (including phenoxy) is 1. The Labute approximate surface area is 217 Å². The topological polar surface area (TPSA) is 111 Å². The second-order valence-electron chi connectivity index (χ2n) is 9.36. The summed E-state index contributed by atoms with van der Waals surface area (Å²) in [5.74, 6) is -1.39. The van der Waals surface area contributed by atoms with E-state index in [4.69, 9.17) is 4.74 Å². The number of carbonyl (C=O) groups excluding carboxylic acids is 1. The average Bonchev–Trinajstić information content (AvgIpc) is 3.61. The van der Waals surface area contributed by atoms with Gasteiger partial charge in [-0.3, -0.25) is 14.4 Å². The molecule has 1 atom stereocenters. The summed E-state index contributed by atoms with van der Waals surface area (Å²) in [6.07, 6.45) is -2.73. The number of hydrogen-bond donors (Lipinski definition) is 1. The number of rotatable bonds is 10. The molecule has 198 valence electrons. The van der Waals surface area contributed by atoms with E-state index in [1.54, 1.807) is 6.07 Å². The molecule has 1 fully saturated rings. The Balaban J connectivity index is 1.28. The second-order valence-corrected chi connectivity index (χ2v) is 10.4. The molecule has 0 spiro atoms. The number of thiophene rings is 1. The highest BCUT2D eigenvalue weighted by atomic mass is 32.1. The number of aromatic nitrogens is 3. The van der Waals surface area contributed by atoms with Crippen LogP contribution in [0.3, 0.4) is 0 Å². The SMILES string of the molecule is O=C(CC(CCn1nnc2ccc(C(F)(F)F)cc2c1=O)C(=O)O)c1cc2ccc(OCC3CC3)cc2s1. The minimum Gasteiger partial charge on any atom is -0.493 e. The molecule has 1 unspecified atom stereocenters. The van der Waals surface area contributed by atoms with E-state index in [9.17, 15) is 32.7 Å². The van der Waals surface area contributed by atoms with Crippen LogP contribution in [0, 0.1) is 11.8 Å². The van der Waals surface area contributed by atoms with E-state index in [0.717, 1.165) is 32.7 Å². The van der Waals surface area contributed by atoms with Gasteiger partial charge >= 0.3 is 12.1 Å². The van der Waals surface area contributed by atoms with Gasteiger partial charge in [-0.2, -0.15) is 13.2 Å². The highest BCUT2D eigenvalue weighted by Crippen LogP contribution is 2.33. The van der Waals surface area contributed by atoms with E-state index in [-0.39, 0.29) is 36.1 Å². The van der Waals surface area contributed by atoms with Gasteiger partial charge in [-0.15, -0.1) is 16.4 Å². The van der Waals surface area contributed by atoms with Crippen LogP contribution in [0.5, 0.6) is 5.75 Å². The maximum absolute atomic E-state index is 13.1. The van der Waals surface area contributed by atoms with Crippen LogP contribution in [0.25, 0.3) is 21.0 Å². The summed E-state index contributed by atoms with van der Waals surface area (Å²) < 4.78 is 46.6. The molecule has 0 radical (unpaired) electrons. The molecule has 1 saturated carbocycles. The molecule has 12 heteroatoms. The zero-order chi connectivity index (χ0) is 27.0. The lowest BCUT2D eigenvalue weighted by Crippen LogP contribution is -2.27. The Kier molecular flexibility index (Phi) is 6.91. The molecule has 1 aliphatic rings. The standard InChI is InChI=1S/C26H22F3N3O5S/c27-26(28,29)17-4-6-20-19(11-17)24(34)32(31-30-20)8-7-16(25(35)36)9-21(33)23-10-15-3-5-18(12-22(15)38-23)37-13-14-1-2-14/h3-6,10-12,14,16H,1-2,7-9,13H2,(H,35,36). The van der Waals surface area contributed by atoms with Gasteiger partial charge in [-0.25, -0.2) is 4.68 Å². The molecular formula is C26H22F3N3O5S. The zero-order valence-electron chi connectivity index (χ0n) is 19.9. The van der Waals surface area contributed by atoms with Crippen molar-refractivity contribution in [2.45, 2.75) is 38.4 Å². The third-order valence-electron chi connectivity index (χ3n) is 6.47. The third-order valence-corrected chi connectivity index (χ3v) is 7.61. The summed E-state index contributed by atoms with van der Waals surface area (Å²) in [5.41, 5.74) is -1.82. The van der Waals surface area contributed by atoms with Crippen molar-refractivity contribution in [2.75, 3.05) is 6.61 Å². The number of nitrogens with zero attached hydrogens (tertiary/aromatic N) is 3. The molecule has 38 heavy (non-hydrogen) atoms. The van der Waals surface area contributed by atoms with Crippen LogP contribution in [0.15, 0.2) is 47.3 Å². The van der Waals surface area contributed by atoms with E-state index < -0.39 is 29.2 Å². The number of Topliss-reactive ketones (excluding diaryl/α,β-unsaturated/α-hetero) is 1. The number of hydrogen-bond acceptors (Lipinski definition) is 7. The summed E-state index contributed by atoms with van der Waals surface area (Å²) in [7, 11) is 0. The molecular weight excluding hydrogens is 523 g/mol. The number of halogens is 3. The Morgan fingerprint density at radius 2 is 1.95 bits per heavy atom. The first-order valence-corrected chi connectivity index (χ1v) is 12.8.